The molecule has 0 aliphatic carbocycles. The van der Waals surface area contributed by atoms with Gasteiger partial charge in [-0.1, -0.05) is 30.3 Å². The summed E-state index contributed by atoms with van der Waals surface area (Å²) in [5, 5.41) is 10.8. The lowest BCUT2D eigenvalue weighted by molar-refractivity contribution is 0.576. The van der Waals surface area contributed by atoms with Crippen LogP contribution in [0, 0.1) is 11.6 Å². The lowest BCUT2D eigenvalue weighted by atomic mass is 10.1. The van der Waals surface area contributed by atoms with Gasteiger partial charge in [0.1, 0.15) is 30.0 Å². The molecule has 1 fully saturated rings. The summed E-state index contributed by atoms with van der Waals surface area (Å²) < 4.78 is 30.0. The highest BCUT2D eigenvalue weighted by Gasteiger charge is 2.27. The van der Waals surface area contributed by atoms with Gasteiger partial charge in [0, 0.05) is 25.7 Å². The number of guanidine groups is 1. The van der Waals surface area contributed by atoms with Crippen molar-refractivity contribution in [3.05, 3.63) is 77.9 Å². The minimum Gasteiger partial charge on any atom is -0.365 e. The topological polar surface area (TPSA) is 70.4 Å². The summed E-state index contributed by atoms with van der Waals surface area (Å²) >= 11 is 0. The van der Waals surface area contributed by atoms with Crippen molar-refractivity contribution in [3.8, 4) is 0 Å². The van der Waals surface area contributed by atoms with E-state index >= 15 is 0 Å². The molecule has 2 N–H and O–H groups in total. The van der Waals surface area contributed by atoms with Crippen LogP contribution in [0.25, 0.3) is 0 Å². The Morgan fingerprint density at radius 2 is 1.91 bits per heavy atom. The van der Waals surface area contributed by atoms with Crippen molar-refractivity contribution in [1.82, 2.24) is 25.4 Å². The molecule has 33 heavy (non-hydrogen) atoms. The second-order valence-electron chi connectivity index (χ2n) is 7.75. The van der Waals surface area contributed by atoms with E-state index in [1.165, 1.54) is 24.5 Å². The largest absolute Gasteiger partial charge is 0.365 e. The van der Waals surface area contributed by atoms with Crippen LogP contribution in [0.15, 0.2) is 60.1 Å². The van der Waals surface area contributed by atoms with Gasteiger partial charge < -0.3 is 15.5 Å². The number of aromatic nitrogens is 3. The zero-order valence-electron chi connectivity index (χ0n) is 18.4. The molecule has 0 bridgehead atoms. The number of nitrogens with zero attached hydrogens (tertiary/aromatic N) is 5. The zero-order valence-corrected chi connectivity index (χ0v) is 20.7. The highest BCUT2D eigenvalue weighted by Crippen LogP contribution is 2.26. The van der Waals surface area contributed by atoms with Crippen molar-refractivity contribution in [2.75, 3.05) is 24.5 Å². The van der Waals surface area contributed by atoms with Crippen molar-refractivity contribution in [1.29, 1.82) is 0 Å². The van der Waals surface area contributed by atoms with Crippen LogP contribution in [0.5, 0.6) is 0 Å². The van der Waals surface area contributed by atoms with E-state index in [1.54, 1.807) is 15.9 Å². The second kappa shape index (κ2) is 11.9. The molecule has 0 radical (unpaired) electrons. The number of nitrogens with one attached hydrogen (secondary N) is 2. The first kappa shape index (κ1) is 24.9. The van der Waals surface area contributed by atoms with E-state index in [2.05, 4.69) is 26.8 Å². The Kier molecular flexibility index (Phi) is 8.98. The Bertz CT molecular complexity index is 1040. The molecule has 2 heterocycles. The van der Waals surface area contributed by atoms with Crippen molar-refractivity contribution < 1.29 is 8.78 Å². The van der Waals surface area contributed by atoms with Gasteiger partial charge in [0.25, 0.3) is 0 Å². The standard InChI is InChI=1S/C23H27F2N7.HI/c1-2-27-23(28-12-17-5-3-6-18(11-17)13-32-16-26-15-29-32)30-19-9-10-31(14-19)22-20(24)7-4-8-21(22)25;/h3-8,11,15-16,19H,2,9-10,12-14H2,1H3,(H2,27,28,30);1H. The molecular weight excluding hydrogens is 539 g/mol. The summed E-state index contributed by atoms with van der Waals surface area (Å²) in [4.78, 5) is 10.4. The molecule has 1 unspecified atom stereocenters. The second-order valence-corrected chi connectivity index (χ2v) is 7.75. The van der Waals surface area contributed by atoms with Crippen molar-refractivity contribution in [2.45, 2.75) is 32.5 Å². The van der Waals surface area contributed by atoms with Crippen molar-refractivity contribution in [3.63, 3.8) is 0 Å². The number of hydrogen-bond acceptors (Lipinski definition) is 4. The minimum atomic E-state index is -0.531. The maximum Gasteiger partial charge on any atom is 0.191 e. The Hall–Kier alpha value is -2.76. The average molecular weight is 567 g/mol. The molecule has 10 heteroatoms. The number of hydrogen-bond donors (Lipinski definition) is 2. The normalized spacial score (nSPS) is 15.9. The van der Waals surface area contributed by atoms with Gasteiger partial charge in [0.2, 0.25) is 0 Å². The quantitative estimate of drug-likeness (QED) is 0.260. The molecule has 0 saturated carbocycles. The van der Waals surface area contributed by atoms with E-state index in [9.17, 15) is 8.78 Å². The first-order chi connectivity index (χ1) is 15.6. The molecule has 0 amide bonds. The smallest absolute Gasteiger partial charge is 0.191 e. The summed E-state index contributed by atoms with van der Waals surface area (Å²) in [7, 11) is 0. The van der Waals surface area contributed by atoms with Crippen LogP contribution >= 0.6 is 24.0 Å². The highest BCUT2D eigenvalue weighted by molar-refractivity contribution is 14.0. The molecule has 1 atom stereocenters. The van der Waals surface area contributed by atoms with Crippen LogP contribution in [0.4, 0.5) is 14.5 Å². The minimum absolute atomic E-state index is 0. The van der Waals surface area contributed by atoms with Gasteiger partial charge in [-0.05, 0) is 36.6 Å². The fourth-order valence-electron chi connectivity index (χ4n) is 3.88. The fraction of sp³-hybridized carbons (Fsp3) is 0.348. The molecule has 3 aromatic rings. The van der Waals surface area contributed by atoms with Gasteiger partial charge in [-0.3, -0.25) is 0 Å². The Morgan fingerprint density at radius 1 is 1.15 bits per heavy atom. The number of para-hydroxylation sites is 1. The number of rotatable bonds is 7. The lowest BCUT2D eigenvalue weighted by Crippen LogP contribution is -2.44. The van der Waals surface area contributed by atoms with E-state index < -0.39 is 11.6 Å². The molecule has 1 aromatic heterocycles. The van der Waals surface area contributed by atoms with Gasteiger partial charge in [0.05, 0.1) is 13.1 Å². The van der Waals surface area contributed by atoms with Gasteiger partial charge >= 0.3 is 0 Å². The summed E-state index contributed by atoms with van der Waals surface area (Å²) in [6, 6.07) is 12.2. The maximum atomic E-state index is 14.1. The Labute approximate surface area is 209 Å². The number of halogens is 3. The number of aliphatic imine (C=N–C) groups is 1. The van der Waals surface area contributed by atoms with Crippen LogP contribution in [-0.4, -0.2) is 46.4 Å². The molecule has 176 valence electrons. The van der Waals surface area contributed by atoms with Crippen molar-refractivity contribution in [2.24, 2.45) is 4.99 Å². The predicted molar refractivity (Wildman–Crippen MR) is 136 cm³/mol. The third kappa shape index (κ3) is 6.62. The lowest BCUT2D eigenvalue weighted by Gasteiger charge is -2.21. The van der Waals surface area contributed by atoms with E-state index in [0.29, 0.717) is 32.1 Å². The monoisotopic (exact) mass is 567 g/mol. The van der Waals surface area contributed by atoms with Crippen LogP contribution in [0.3, 0.4) is 0 Å². The maximum absolute atomic E-state index is 14.1. The molecule has 1 aliphatic rings. The molecule has 1 saturated heterocycles. The van der Waals surface area contributed by atoms with E-state index in [0.717, 1.165) is 24.1 Å². The van der Waals surface area contributed by atoms with Gasteiger partial charge in [-0.25, -0.2) is 23.4 Å². The SMILES string of the molecule is CCNC(=NCc1cccc(Cn2cncn2)c1)NC1CCN(c2c(F)cccc2F)C1.I. The fourth-order valence-corrected chi connectivity index (χ4v) is 3.88. The molecule has 1 aliphatic heterocycles. The van der Waals surface area contributed by atoms with Crippen LogP contribution in [-0.2, 0) is 13.1 Å². The average Bonchev–Trinajstić information content (AvgIpc) is 3.45. The summed E-state index contributed by atoms with van der Waals surface area (Å²) in [5.41, 5.74) is 2.25. The molecule has 2 aromatic carbocycles. The van der Waals surface area contributed by atoms with Gasteiger partial charge in [-0.15, -0.1) is 24.0 Å². The zero-order chi connectivity index (χ0) is 22.3. The van der Waals surface area contributed by atoms with Crippen LogP contribution < -0.4 is 15.5 Å². The number of benzene rings is 2. The molecular formula is C23H28F2IN7. The number of anilines is 1. The third-order valence-electron chi connectivity index (χ3n) is 5.35. The van der Waals surface area contributed by atoms with Crippen LogP contribution in [0.1, 0.15) is 24.5 Å². The van der Waals surface area contributed by atoms with E-state index in [-0.39, 0.29) is 35.7 Å². The van der Waals surface area contributed by atoms with Gasteiger partial charge in [-0.2, -0.15) is 5.10 Å². The summed E-state index contributed by atoms with van der Waals surface area (Å²) in [6.07, 6.45) is 3.98. The first-order valence-corrected chi connectivity index (χ1v) is 10.8. The predicted octanol–water partition coefficient (Wildman–Crippen LogP) is 3.56. The molecule has 0 spiro atoms. The Balaban J connectivity index is 0.00000306. The third-order valence-corrected chi connectivity index (χ3v) is 5.35. The van der Waals surface area contributed by atoms with E-state index in [1.807, 2.05) is 25.1 Å². The molecule has 7 nitrogen and oxygen atoms in total. The van der Waals surface area contributed by atoms with Gasteiger partial charge in [0.15, 0.2) is 5.96 Å². The van der Waals surface area contributed by atoms with Crippen LogP contribution in [0.2, 0.25) is 0 Å². The Morgan fingerprint density at radius 3 is 2.64 bits per heavy atom. The highest BCUT2D eigenvalue weighted by atomic mass is 127. The summed E-state index contributed by atoms with van der Waals surface area (Å²) in [6.45, 7) is 4.98. The van der Waals surface area contributed by atoms with Crippen molar-refractivity contribution >= 4 is 35.6 Å². The van der Waals surface area contributed by atoms with E-state index in [4.69, 9.17) is 4.99 Å². The molecule has 4 rings (SSSR count). The first-order valence-electron chi connectivity index (χ1n) is 10.8. The summed E-state index contributed by atoms with van der Waals surface area (Å²) in [5.74, 6) is -0.371.